The molecule has 0 aliphatic carbocycles. The number of carbonyl (C=O) groups is 1. The second-order valence-electron chi connectivity index (χ2n) is 4.69. The Labute approximate surface area is 113 Å². The Kier molecular flexibility index (Phi) is 4.81. The molecule has 1 saturated heterocycles. The van der Waals surface area contributed by atoms with Crippen LogP contribution in [-0.4, -0.2) is 53.1 Å². The lowest BCUT2D eigenvalue weighted by Crippen LogP contribution is -2.49. The summed E-state index contributed by atoms with van der Waals surface area (Å²) in [6, 6.07) is -0.221. The standard InChI is InChI=1S/C13H20N4O2/c1-10-7-16-12(8-14-10)9-15-11(2)13(18)17-3-5-19-6-4-17/h7-8,11,15H,3-6,9H2,1-2H3. The van der Waals surface area contributed by atoms with Crippen LogP contribution in [0.15, 0.2) is 12.4 Å². The second kappa shape index (κ2) is 6.58. The molecule has 104 valence electrons. The molecule has 1 atom stereocenters. The summed E-state index contributed by atoms with van der Waals surface area (Å²) < 4.78 is 5.24. The summed E-state index contributed by atoms with van der Waals surface area (Å²) in [6.07, 6.45) is 3.46. The van der Waals surface area contributed by atoms with E-state index >= 15 is 0 Å². The van der Waals surface area contributed by atoms with E-state index in [1.165, 1.54) is 0 Å². The molecule has 0 aromatic carbocycles. The number of aryl methyl sites for hydroxylation is 1. The molecule has 0 bridgehead atoms. The molecule has 1 fully saturated rings. The number of nitrogens with zero attached hydrogens (tertiary/aromatic N) is 3. The molecule has 1 unspecified atom stereocenters. The van der Waals surface area contributed by atoms with Crippen molar-refractivity contribution in [1.29, 1.82) is 0 Å². The number of amides is 1. The van der Waals surface area contributed by atoms with E-state index in [4.69, 9.17) is 4.74 Å². The molecule has 2 heterocycles. The van der Waals surface area contributed by atoms with Crippen LogP contribution < -0.4 is 5.32 Å². The molecule has 1 aromatic rings. The van der Waals surface area contributed by atoms with Gasteiger partial charge in [0.05, 0.1) is 30.6 Å². The fraction of sp³-hybridized carbons (Fsp3) is 0.615. The highest BCUT2D eigenvalue weighted by Crippen LogP contribution is 2.01. The SMILES string of the molecule is Cc1cnc(CNC(C)C(=O)N2CCOCC2)cn1. The molecule has 6 heteroatoms. The van der Waals surface area contributed by atoms with Crippen LogP contribution in [0.5, 0.6) is 0 Å². The molecule has 19 heavy (non-hydrogen) atoms. The first-order valence-corrected chi connectivity index (χ1v) is 6.54. The number of aromatic nitrogens is 2. The summed E-state index contributed by atoms with van der Waals surface area (Å²) >= 11 is 0. The summed E-state index contributed by atoms with van der Waals surface area (Å²) in [4.78, 5) is 22.4. The van der Waals surface area contributed by atoms with Gasteiger partial charge in [0.2, 0.25) is 5.91 Å². The van der Waals surface area contributed by atoms with Crippen molar-refractivity contribution in [2.24, 2.45) is 0 Å². The van der Waals surface area contributed by atoms with Gasteiger partial charge in [0.1, 0.15) is 0 Å². The van der Waals surface area contributed by atoms with Crippen LogP contribution in [0.25, 0.3) is 0 Å². The first-order valence-electron chi connectivity index (χ1n) is 6.54. The van der Waals surface area contributed by atoms with Gasteiger partial charge in [-0.3, -0.25) is 14.8 Å². The number of nitrogens with one attached hydrogen (secondary N) is 1. The van der Waals surface area contributed by atoms with Gasteiger partial charge >= 0.3 is 0 Å². The molecular formula is C13H20N4O2. The zero-order chi connectivity index (χ0) is 13.7. The maximum Gasteiger partial charge on any atom is 0.239 e. The van der Waals surface area contributed by atoms with E-state index in [1.807, 2.05) is 18.7 Å². The van der Waals surface area contributed by atoms with Crippen molar-refractivity contribution in [3.63, 3.8) is 0 Å². The quantitative estimate of drug-likeness (QED) is 0.837. The number of ether oxygens (including phenoxy) is 1. The van der Waals surface area contributed by atoms with Gasteiger partial charge in [-0.1, -0.05) is 0 Å². The van der Waals surface area contributed by atoms with Gasteiger partial charge in [0, 0.05) is 32.0 Å². The molecule has 0 radical (unpaired) electrons. The number of carbonyl (C=O) groups excluding carboxylic acids is 1. The Balaban J connectivity index is 1.81. The van der Waals surface area contributed by atoms with Gasteiger partial charge < -0.3 is 15.0 Å². The van der Waals surface area contributed by atoms with E-state index in [2.05, 4.69) is 15.3 Å². The van der Waals surface area contributed by atoms with Crippen molar-refractivity contribution in [2.75, 3.05) is 26.3 Å². The van der Waals surface area contributed by atoms with E-state index in [9.17, 15) is 4.79 Å². The van der Waals surface area contributed by atoms with Crippen LogP contribution in [0.4, 0.5) is 0 Å². The van der Waals surface area contributed by atoms with Crippen LogP contribution in [0.1, 0.15) is 18.3 Å². The fourth-order valence-corrected chi connectivity index (χ4v) is 1.91. The van der Waals surface area contributed by atoms with Crippen LogP contribution >= 0.6 is 0 Å². The van der Waals surface area contributed by atoms with Crippen molar-refractivity contribution in [1.82, 2.24) is 20.2 Å². The third-order valence-electron chi connectivity index (χ3n) is 3.12. The normalized spacial score (nSPS) is 17.3. The molecule has 1 amide bonds. The molecule has 0 saturated carbocycles. The maximum absolute atomic E-state index is 12.1. The molecule has 1 aliphatic rings. The summed E-state index contributed by atoms with van der Waals surface area (Å²) in [5, 5.41) is 3.18. The van der Waals surface area contributed by atoms with Crippen molar-refractivity contribution in [3.8, 4) is 0 Å². The Hall–Kier alpha value is -1.53. The average Bonchev–Trinajstić information content (AvgIpc) is 2.46. The summed E-state index contributed by atoms with van der Waals surface area (Å²) in [7, 11) is 0. The van der Waals surface area contributed by atoms with Crippen molar-refractivity contribution >= 4 is 5.91 Å². The zero-order valence-electron chi connectivity index (χ0n) is 11.4. The lowest BCUT2D eigenvalue weighted by atomic mass is 10.2. The molecular weight excluding hydrogens is 244 g/mol. The maximum atomic E-state index is 12.1. The van der Waals surface area contributed by atoms with Gasteiger partial charge in [0.15, 0.2) is 0 Å². The molecule has 1 aliphatic heterocycles. The molecule has 2 rings (SSSR count). The lowest BCUT2D eigenvalue weighted by Gasteiger charge is -2.29. The minimum Gasteiger partial charge on any atom is -0.378 e. The van der Waals surface area contributed by atoms with E-state index in [-0.39, 0.29) is 11.9 Å². The Bertz CT molecular complexity index is 415. The Morgan fingerprint density at radius 3 is 2.79 bits per heavy atom. The van der Waals surface area contributed by atoms with Gasteiger partial charge in [0.25, 0.3) is 0 Å². The smallest absolute Gasteiger partial charge is 0.239 e. The van der Waals surface area contributed by atoms with E-state index < -0.39 is 0 Å². The molecule has 6 nitrogen and oxygen atoms in total. The van der Waals surface area contributed by atoms with E-state index in [0.29, 0.717) is 32.8 Å². The highest BCUT2D eigenvalue weighted by Gasteiger charge is 2.21. The Morgan fingerprint density at radius 2 is 2.16 bits per heavy atom. The van der Waals surface area contributed by atoms with E-state index in [1.54, 1.807) is 12.4 Å². The highest BCUT2D eigenvalue weighted by atomic mass is 16.5. The topological polar surface area (TPSA) is 67.4 Å². The highest BCUT2D eigenvalue weighted by molar-refractivity contribution is 5.81. The minimum absolute atomic E-state index is 0.114. The first kappa shape index (κ1) is 13.9. The average molecular weight is 264 g/mol. The Morgan fingerprint density at radius 1 is 1.42 bits per heavy atom. The number of hydrogen-bond acceptors (Lipinski definition) is 5. The van der Waals surface area contributed by atoms with Crippen LogP contribution in [0, 0.1) is 6.92 Å². The fourth-order valence-electron chi connectivity index (χ4n) is 1.91. The largest absolute Gasteiger partial charge is 0.378 e. The molecule has 0 spiro atoms. The second-order valence-corrected chi connectivity index (χ2v) is 4.69. The summed E-state index contributed by atoms with van der Waals surface area (Å²) in [5.41, 5.74) is 1.73. The van der Waals surface area contributed by atoms with Crippen LogP contribution in [-0.2, 0) is 16.1 Å². The van der Waals surface area contributed by atoms with Crippen LogP contribution in [0.2, 0.25) is 0 Å². The third kappa shape index (κ3) is 3.97. The predicted octanol–water partition coefficient (Wildman–Crippen LogP) is 0.122. The minimum atomic E-state index is -0.221. The number of morpholine rings is 1. The lowest BCUT2D eigenvalue weighted by molar-refractivity contribution is -0.137. The monoisotopic (exact) mass is 264 g/mol. The third-order valence-corrected chi connectivity index (χ3v) is 3.12. The molecule has 1 aromatic heterocycles. The van der Waals surface area contributed by atoms with Gasteiger partial charge in [-0.15, -0.1) is 0 Å². The summed E-state index contributed by atoms with van der Waals surface area (Å²) in [6.45, 7) is 6.92. The van der Waals surface area contributed by atoms with Gasteiger partial charge in [-0.05, 0) is 13.8 Å². The summed E-state index contributed by atoms with van der Waals surface area (Å²) in [5.74, 6) is 0.114. The van der Waals surface area contributed by atoms with Gasteiger partial charge in [-0.25, -0.2) is 0 Å². The van der Waals surface area contributed by atoms with Crippen LogP contribution in [0.3, 0.4) is 0 Å². The van der Waals surface area contributed by atoms with Gasteiger partial charge in [-0.2, -0.15) is 0 Å². The molecule has 1 N–H and O–H groups in total. The van der Waals surface area contributed by atoms with E-state index in [0.717, 1.165) is 11.4 Å². The van der Waals surface area contributed by atoms with Crippen molar-refractivity contribution in [2.45, 2.75) is 26.4 Å². The van der Waals surface area contributed by atoms with Crippen molar-refractivity contribution < 1.29 is 9.53 Å². The zero-order valence-corrected chi connectivity index (χ0v) is 11.4. The number of rotatable bonds is 4. The van der Waals surface area contributed by atoms with Crippen molar-refractivity contribution in [3.05, 3.63) is 23.8 Å². The first-order chi connectivity index (χ1) is 9.16. The number of hydrogen-bond donors (Lipinski definition) is 1. The predicted molar refractivity (Wildman–Crippen MR) is 70.5 cm³/mol.